The lowest BCUT2D eigenvalue weighted by Gasteiger charge is -1.87. The standard InChI is InChI=1S/C7H8.C3H7NO2.C2H6/c1-7-5-3-2-4-6-7;1-6-3(5)2-4;1-2/h2-6H,1H3;2,4H2,1H3;1-2H3. The molecule has 0 amide bonds. The third kappa shape index (κ3) is 12.6. The van der Waals surface area contributed by atoms with Crippen LogP contribution in [0.4, 0.5) is 0 Å². The molecule has 0 aliphatic heterocycles. The van der Waals surface area contributed by atoms with Crippen LogP contribution < -0.4 is 5.73 Å². The Labute approximate surface area is 92.2 Å². The predicted molar refractivity (Wildman–Crippen MR) is 63.6 cm³/mol. The van der Waals surface area contributed by atoms with Crippen molar-refractivity contribution in [2.75, 3.05) is 13.7 Å². The lowest BCUT2D eigenvalue weighted by Crippen LogP contribution is -2.14. The average molecular weight is 211 g/mol. The van der Waals surface area contributed by atoms with Gasteiger partial charge in [-0.05, 0) is 6.92 Å². The predicted octanol–water partition coefficient (Wildman–Crippen LogP) is 2.14. The molecule has 1 aromatic carbocycles. The second-order valence-corrected chi connectivity index (χ2v) is 2.43. The highest BCUT2D eigenvalue weighted by Crippen LogP contribution is 1.92. The van der Waals surface area contributed by atoms with Gasteiger partial charge in [0.2, 0.25) is 0 Å². The van der Waals surface area contributed by atoms with Crippen LogP contribution in [0.5, 0.6) is 0 Å². The molecule has 0 spiro atoms. The minimum atomic E-state index is -0.380. The highest BCUT2D eigenvalue weighted by molar-refractivity contribution is 5.70. The molecule has 0 aliphatic carbocycles. The molecule has 0 aliphatic rings. The number of ether oxygens (including phenoxy) is 1. The minimum absolute atomic E-state index is 0.0312. The fourth-order valence-corrected chi connectivity index (χ4v) is 0.618. The molecule has 0 atom stereocenters. The van der Waals surface area contributed by atoms with Crippen LogP contribution in [0.15, 0.2) is 30.3 Å². The van der Waals surface area contributed by atoms with E-state index in [1.165, 1.54) is 12.7 Å². The van der Waals surface area contributed by atoms with E-state index in [9.17, 15) is 4.79 Å². The summed E-state index contributed by atoms with van der Waals surface area (Å²) >= 11 is 0. The summed E-state index contributed by atoms with van der Waals surface area (Å²) in [5.74, 6) is -0.380. The van der Waals surface area contributed by atoms with Crippen molar-refractivity contribution >= 4 is 5.97 Å². The molecule has 0 heterocycles. The van der Waals surface area contributed by atoms with E-state index in [-0.39, 0.29) is 12.5 Å². The molecule has 3 heteroatoms. The lowest BCUT2D eigenvalue weighted by molar-refractivity contribution is -0.138. The summed E-state index contributed by atoms with van der Waals surface area (Å²) < 4.78 is 4.14. The summed E-state index contributed by atoms with van der Waals surface area (Å²) in [6, 6.07) is 10.3. The van der Waals surface area contributed by atoms with Crippen molar-refractivity contribution in [3.63, 3.8) is 0 Å². The number of nitrogens with two attached hydrogens (primary N) is 1. The number of aryl methyl sites for hydroxylation is 1. The van der Waals surface area contributed by atoms with Gasteiger partial charge in [-0.2, -0.15) is 0 Å². The van der Waals surface area contributed by atoms with Gasteiger partial charge in [0.1, 0.15) is 0 Å². The van der Waals surface area contributed by atoms with Crippen LogP contribution in [0.25, 0.3) is 0 Å². The van der Waals surface area contributed by atoms with E-state index >= 15 is 0 Å². The van der Waals surface area contributed by atoms with Crippen molar-refractivity contribution in [1.82, 2.24) is 0 Å². The molecule has 0 saturated carbocycles. The fourth-order valence-electron chi connectivity index (χ4n) is 0.618. The number of hydrogen-bond donors (Lipinski definition) is 1. The van der Waals surface area contributed by atoms with E-state index < -0.39 is 0 Å². The molecule has 0 bridgehead atoms. The molecule has 0 aromatic heterocycles. The number of carbonyl (C=O) groups is 1. The van der Waals surface area contributed by atoms with Crippen LogP contribution in [0.2, 0.25) is 0 Å². The first kappa shape index (κ1) is 16.1. The first-order chi connectivity index (χ1) is 7.20. The van der Waals surface area contributed by atoms with E-state index in [4.69, 9.17) is 5.73 Å². The molecular weight excluding hydrogens is 190 g/mol. The highest BCUT2D eigenvalue weighted by Gasteiger charge is 1.87. The first-order valence-electron chi connectivity index (χ1n) is 4.99. The number of hydrogen-bond acceptors (Lipinski definition) is 3. The Kier molecular flexibility index (Phi) is 13.6. The van der Waals surface area contributed by atoms with E-state index in [0.717, 1.165) is 0 Å². The molecule has 0 saturated heterocycles. The largest absolute Gasteiger partial charge is 0.468 e. The summed E-state index contributed by atoms with van der Waals surface area (Å²) in [5.41, 5.74) is 6.13. The SMILES string of the molecule is CC.COC(=O)CN.Cc1ccccc1. The molecular formula is C12H21NO2. The maximum absolute atomic E-state index is 9.83. The van der Waals surface area contributed by atoms with Crippen LogP contribution >= 0.6 is 0 Å². The second kappa shape index (κ2) is 12.7. The number of carbonyl (C=O) groups excluding carboxylic acids is 1. The molecule has 3 nitrogen and oxygen atoms in total. The lowest BCUT2D eigenvalue weighted by atomic mass is 10.2. The Morgan fingerprint density at radius 3 is 1.87 bits per heavy atom. The Balaban J connectivity index is 0. The molecule has 1 aromatic rings. The number of methoxy groups -OCH3 is 1. The Bertz CT molecular complexity index is 229. The molecule has 86 valence electrons. The van der Waals surface area contributed by atoms with Crippen molar-refractivity contribution in [3.8, 4) is 0 Å². The summed E-state index contributed by atoms with van der Waals surface area (Å²) in [6.07, 6.45) is 0. The zero-order chi connectivity index (χ0) is 12.1. The Morgan fingerprint density at radius 1 is 1.27 bits per heavy atom. The molecule has 0 radical (unpaired) electrons. The third-order valence-corrected chi connectivity index (χ3v) is 1.33. The van der Waals surface area contributed by atoms with Gasteiger partial charge in [0.05, 0.1) is 13.7 Å². The normalized spacial score (nSPS) is 7.53. The minimum Gasteiger partial charge on any atom is -0.468 e. The van der Waals surface area contributed by atoms with Crippen molar-refractivity contribution in [2.24, 2.45) is 5.73 Å². The Morgan fingerprint density at radius 2 is 1.73 bits per heavy atom. The number of esters is 1. The van der Waals surface area contributed by atoms with E-state index in [2.05, 4.69) is 23.8 Å². The fraction of sp³-hybridized carbons (Fsp3) is 0.417. The van der Waals surface area contributed by atoms with E-state index in [1.54, 1.807) is 0 Å². The van der Waals surface area contributed by atoms with Crippen molar-refractivity contribution in [3.05, 3.63) is 35.9 Å². The highest BCUT2D eigenvalue weighted by atomic mass is 16.5. The van der Waals surface area contributed by atoms with Gasteiger partial charge in [0, 0.05) is 0 Å². The summed E-state index contributed by atoms with van der Waals surface area (Å²) in [5, 5.41) is 0. The zero-order valence-corrected chi connectivity index (χ0v) is 9.99. The van der Waals surface area contributed by atoms with E-state index in [0.29, 0.717) is 0 Å². The number of benzene rings is 1. The average Bonchev–Trinajstić information content (AvgIpc) is 2.32. The van der Waals surface area contributed by atoms with E-state index in [1.807, 2.05) is 32.0 Å². The van der Waals surface area contributed by atoms with Gasteiger partial charge < -0.3 is 10.5 Å². The number of rotatable bonds is 1. The maximum Gasteiger partial charge on any atom is 0.319 e. The van der Waals surface area contributed by atoms with Gasteiger partial charge in [0.25, 0.3) is 0 Å². The van der Waals surface area contributed by atoms with Gasteiger partial charge >= 0.3 is 5.97 Å². The monoisotopic (exact) mass is 211 g/mol. The van der Waals surface area contributed by atoms with Crippen LogP contribution in [-0.2, 0) is 9.53 Å². The van der Waals surface area contributed by atoms with Crippen molar-refractivity contribution in [1.29, 1.82) is 0 Å². The molecule has 15 heavy (non-hydrogen) atoms. The van der Waals surface area contributed by atoms with Crippen molar-refractivity contribution < 1.29 is 9.53 Å². The molecule has 2 N–H and O–H groups in total. The maximum atomic E-state index is 9.83. The van der Waals surface area contributed by atoms with Gasteiger partial charge in [-0.1, -0.05) is 49.7 Å². The topological polar surface area (TPSA) is 52.3 Å². The smallest absolute Gasteiger partial charge is 0.319 e. The summed E-state index contributed by atoms with van der Waals surface area (Å²) in [4.78, 5) is 9.83. The second-order valence-electron chi connectivity index (χ2n) is 2.43. The quantitative estimate of drug-likeness (QED) is 0.724. The van der Waals surface area contributed by atoms with Gasteiger partial charge in [-0.3, -0.25) is 4.79 Å². The Hall–Kier alpha value is -1.35. The molecule has 0 fully saturated rings. The van der Waals surface area contributed by atoms with Crippen LogP contribution in [-0.4, -0.2) is 19.6 Å². The van der Waals surface area contributed by atoms with Gasteiger partial charge in [-0.25, -0.2) is 0 Å². The first-order valence-corrected chi connectivity index (χ1v) is 4.99. The van der Waals surface area contributed by atoms with Crippen molar-refractivity contribution in [2.45, 2.75) is 20.8 Å². The molecule has 0 unspecified atom stereocenters. The summed E-state index contributed by atoms with van der Waals surface area (Å²) in [6.45, 7) is 6.05. The van der Waals surface area contributed by atoms with Crippen LogP contribution in [0.1, 0.15) is 19.4 Å². The van der Waals surface area contributed by atoms with Gasteiger partial charge in [-0.15, -0.1) is 0 Å². The van der Waals surface area contributed by atoms with Crippen LogP contribution in [0.3, 0.4) is 0 Å². The zero-order valence-electron chi connectivity index (χ0n) is 9.99. The molecule has 1 rings (SSSR count). The summed E-state index contributed by atoms with van der Waals surface area (Å²) in [7, 11) is 1.30. The third-order valence-electron chi connectivity index (χ3n) is 1.33. The van der Waals surface area contributed by atoms with Gasteiger partial charge in [0.15, 0.2) is 0 Å². The van der Waals surface area contributed by atoms with Crippen LogP contribution in [0, 0.1) is 6.92 Å².